The van der Waals surface area contributed by atoms with Gasteiger partial charge in [-0.05, 0) is 24.3 Å². The van der Waals surface area contributed by atoms with E-state index in [1.807, 2.05) is 30.3 Å². The molecule has 0 unspecified atom stereocenters. The molecule has 0 radical (unpaired) electrons. The molecule has 2 aromatic carbocycles. The first-order chi connectivity index (χ1) is 7.86. The Bertz CT molecular complexity index is 480. The van der Waals surface area contributed by atoms with Gasteiger partial charge in [-0.3, -0.25) is 0 Å². The maximum atomic E-state index is 9.42. The molecule has 1 N–H and O–H groups in total. The predicted octanol–water partition coefficient (Wildman–Crippen LogP) is 3.13. The molecule has 2 rings (SSSR count). The van der Waals surface area contributed by atoms with E-state index in [9.17, 15) is 5.11 Å². The lowest BCUT2D eigenvalue weighted by Gasteiger charge is -2.00. The van der Waals surface area contributed by atoms with Gasteiger partial charge in [0.05, 0.1) is 5.69 Å². The minimum atomic E-state index is 0.0991. The molecule has 0 fully saturated rings. The summed E-state index contributed by atoms with van der Waals surface area (Å²) in [5.41, 5.74) is 0.804. The molecule has 0 aromatic heterocycles. The Morgan fingerprint density at radius 2 is 1.62 bits per heavy atom. The number of aliphatic imine (C=N–C) groups is 1. The van der Waals surface area contributed by atoms with Crippen molar-refractivity contribution < 1.29 is 9.84 Å². The normalized spacial score (nSPS) is 10.5. The molecule has 3 heteroatoms. The highest BCUT2D eigenvalue weighted by atomic mass is 16.5. The molecule has 0 amide bonds. The van der Waals surface area contributed by atoms with Gasteiger partial charge in [0.25, 0.3) is 0 Å². The second-order valence-corrected chi connectivity index (χ2v) is 3.16. The highest BCUT2D eigenvalue weighted by Crippen LogP contribution is 2.23. The topological polar surface area (TPSA) is 41.8 Å². The van der Waals surface area contributed by atoms with E-state index in [1.54, 1.807) is 24.3 Å². The molecular weight excluding hydrogens is 202 g/mol. The molecule has 0 aliphatic carbocycles. The first kappa shape index (κ1) is 10.2. The molecule has 0 bridgehead atoms. The van der Waals surface area contributed by atoms with Gasteiger partial charge in [0.15, 0.2) is 17.9 Å². The van der Waals surface area contributed by atoms with Crippen LogP contribution in [0.25, 0.3) is 0 Å². The third-order valence-electron chi connectivity index (χ3n) is 2.00. The molecule has 16 heavy (non-hydrogen) atoms. The van der Waals surface area contributed by atoms with Gasteiger partial charge in [-0.1, -0.05) is 30.3 Å². The summed E-state index contributed by atoms with van der Waals surface area (Å²) >= 11 is 0. The zero-order chi connectivity index (χ0) is 11.2. The summed E-state index contributed by atoms with van der Waals surface area (Å²) in [7, 11) is 0. The predicted molar refractivity (Wildman–Crippen MR) is 63.3 cm³/mol. The van der Waals surface area contributed by atoms with E-state index >= 15 is 0 Å². The highest BCUT2D eigenvalue weighted by molar-refractivity contribution is 5.60. The van der Waals surface area contributed by atoms with E-state index in [0.717, 1.165) is 5.69 Å². The van der Waals surface area contributed by atoms with E-state index in [4.69, 9.17) is 4.74 Å². The van der Waals surface area contributed by atoms with Crippen LogP contribution < -0.4 is 4.74 Å². The number of hydrogen-bond donors (Lipinski definition) is 1. The molecule has 0 saturated carbocycles. The molecule has 0 spiro atoms. The molecule has 0 heterocycles. The van der Waals surface area contributed by atoms with Gasteiger partial charge < -0.3 is 9.84 Å². The third-order valence-corrected chi connectivity index (χ3v) is 2.00. The lowest BCUT2D eigenvalue weighted by atomic mass is 10.3. The lowest BCUT2D eigenvalue weighted by molar-refractivity contribution is 0.439. The molecule has 80 valence electrons. The quantitative estimate of drug-likeness (QED) is 0.628. The van der Waals surface area contributed by atoms with Crippen molar-refractivity contribution in [1.29, 1.82) is 0 Å². The molecule has 0 aliphatic heterocycles. The number of aromatic hydroxyl groups is 1. The molecule has 0 aliphatic rings. The van der Waals surface area contributed by atoms with Gasteiger partial charge in [0.2, 0.25) is 0 Å². The van der Waals surface area contributed by atoms with Crippen LogP contribution in [0.4, 0.5) is 5.69 Å². The number of benzene rings is 2. The second-order valence-electron chi connectivity index (χ2n) is 3.16. The van der Waals surface area contributed by atoms with Crippen LogP contribution in [0.2, 0.25) is 0 Å². The maximum Gasteiger partial charge on any atom is 0.181 e. The van der Waals surface area contributed by atoms with Gasteiger partial charge in [-0.15, -0.1) is 0 Å². The summed E-state index contributed by atoms with van der Waals surface area (Å²) in [6.07, 6.45) is 1.31. The number of rotatable bonds is 3. The summed E-state index contributed by atoms with van der Waals surface area (Å²) in [5.74, 6) is 0.490. The fourth-order valence-electron chi connectivity index (χ4n) is 1.21. The Morgan fingerprint density at radius 3 is 2.38 bits per heavy atom. The third kappa shape index (κ3) is 2.60. The molecular formula is C13H11NO2. The standard InChI is InChI=1S/C13H11NO2/c15-12-8-4-5-9-13(12)16-10-14-11-6-2-1-3-7-11/h1-10,15H. The van der Waals surface area contributed by atoms with Crippen molar-refractivity contribution in [2.24, 2.45) is 4.99 Å². The van der Waals surface area contributed by atoms with Gasteiger partial charge >= 0.3 is 0 Å². The van der Waals surface area contributed by atoms with Crippen molar-refractivity contribution in [3.05, 3.63) is 54.6 Å². The summed E-state index contributed by atoms with van der Waals surface area (Å²) < 4.78 is 5.20. The number of para-hydroxylation sites is 3. The minimum absolute atomic E-state index is 0.0991. The zero-order valence-electron chi connectivity index (χ0n) is 8.58. The summed E-state index contributed by atoms with van der Waals surface area (Å²) in [6.45, 7) is 0. The smallest absolute Gasteiger partial charge is 0.181 e. The fourth-order valence-corrected chi connectivity index (χ4v) is 1.21. The molecule has 0 atom stereocenters. The minimum Gasteiger partial charge on any atom is -0.504 e. The second kappa shape index (κ2) is 4.98. The maximum absolute atomic E-state index is 9.42. The Hall–Kier alpha value is -2.29. The Kier molecular flexibility index (Phi) is 3.18. The number of phenolic OH excluding ortho intramolecular Hbond substituents is 1. The Balaban J connectivity index is 2.03. The SMILES string of the molecule is Oc1ccccc1OC=Nc1ccccc1. The largest absolute Gasteiger partial charge is 0.504 e. The van der Waals surface area contributed by atoms with Crippen molar-refractivity contribution in [2.75, 3.05) is 0 Å². The molecule has 0 saturated heterocycles. The summed E-state index contributed by atoms with van der Waals surface area (Å²) in [5, 5.41) is 9.42. The van der Waals surface area contributed by atoms with Crippen LogP contribution >= 0.6 is 0 Å². The first-order valence-electron chi connectivity index (χ1n) is 4.88. The van der Waals surface area contributed by atoms with Crippen molar-refractivity contribution >= 4 is 12.1 Å². The molecule has 3 nitrogen and oxygen atoms in total. The van der Waals surface area contributed by atoms with E-state index in [-0.39, 0.29) is 5.75 Å². The van der Waals surface area contributed by atoms with Gasteiger partial charge in [-0.25, -0.2) is 4.99 Å². The van der Waals surface area contributed by atoms with Crippen LogP contribution in [0.15, 0.2) is 59.6 Å². The van der Waals surface area contributed by atoms with Crippen LogP contribution in [-0.2, 0) is 0 Å². The van der Waals surface area contributed by atoms with Crippen molar-refractivity contribution in [2.45, 2.75) is 0 Å². The van der Waals surface area contributed by atoms with E-state index in [1.165, 1.54) is 6.40 Å². The first-order valence-corrected chi connectivity index (χ1v) is 4.88. The van der Waals surface area contributed by atoms with Gasteiger partial charge in [-0.2, -0.15) is 0 Å². The van der Waals surface area contributed by atoms with Crippen LogP contribution in [0.3, 0.4) is 0 Å². The van der Waals surface area contributed by atoms with Crippen molar-refractivity contribution in [3.63, 3.8) is 0 Å². The van der Waals surface area contributed by atoms with E-state index < -0.39 is 0 Å². The van der Waals surface area contributed by atoms with E-state index in [2.05, 4.69) is 4.99 Å². The number of phenols is 1. The van der Waals surface area contributed by atoms with E-state index in [0.29, 0.717) is 5.75 Å². The monoisotopic (exact) mass is 213 g/mol. The van der Waals surface area contributed by atoms with Crippen LogP contribution in [-0.4, -0.2) is 11.5 Å². The summed E-state index contributed by atoms with van der Waals surface area (Å²) in [4.78, 5) is 4.08. The van der Waals surface area contributed by atoms with Crippen molar-refractivity contribution in [3.8, 4) is 11.5 Å². The number of hydrogen-bond acceptors (Lipinski definition) is 3. The number of nitrogens with zero attached hydrogens (tertiary/aromatic N) is 1. The van der Waals surface area contributed by atoms with Crippen LogP contribution in [0, 0.1) is 0 Å². The zero-order valence-corrected chi connectivity index (χ0v) is 8.58. The Labute approximate surface area is 93.7 Å². The van der Waals surface area contributed by atoms with Crippen LogP contribution in [0.5, 0.6) is 11.5 Å². The summed E-state index contributed by atoms with van der Waals surface area (Å²) in [6, 6.07) is 16.2. The van der Waals surface area contributed by atoms with Crippen LogP contribution in [0.1, 0.15) is 0 Å². The number of ether oxygens (including phenoxy) is 1. The average Bonchev–Trinajstić information content (AvgIpc) is 2.33. The van der Waals surface area contributed by atoms with Crippen molar-refractivity contribution in [1.82, 2.24) is 0 Å². The fraction of sp³-hybridized carbons (Fsp3) is 0. The lowest BCUT2D eigenvalue weighted by Crippen LogP contribution is -1.88. The Morgan fingerprint density at radius 1 is 0.938 bits per heavy atom. The molecule has 2 aromatic rings. The van der Waals surface area contributed by atoms with Gasteiger partial charge in [0, 0.05) is 0 Å². The average molecular weight is 213 g/mol. The highest BCUT2D eigenvalue weighted by Gasteiger charge is 1.97. The van der Waals surface area contributed by atoms with Gasteiger partial charge in [0.1, 0.15) is 0 Å².